The predicted molar refractivity (Wildman–Crippen MR) is 279 cm³/mol. The molecule has 337 valence electrons. The number of hydrogen-bond donors (Lipinski definition) is 2. The molecule has 0 unspecified atom stereocenters. The van der Waals surface area contributed by atoms with E-state index in [2.05, 4.69) is 12.1 Å². The Bertz CT molecular complexity index is 3440. The molecule has 0 saturated heterocycles. The summed E-state index contributed by atoms with van der Waals surface area (Å²) >= 11 is 3.36. The fourth-order valence-corrected chi connectivity index (χ4v) is 13.0. The van der Waals surface area contributed by atoms with Gasteiger partial charge in [-0.05, 0) is 97.1 Å². The average Bonchev–Trinajstić information content (AvgIpc) is 3.97. The largest absolute Gasteiger partial charge is 0.478 e. The molecule has 2 heterocycles. The second-order valence-electron chi connectivity index (χ2n) is 15.6. The summed E-state index contributed by atoms with van der Waals surface area (Å²) in [7, 11) is -2.53. The van der Waals surface area contributed by atoms with Crippen LogP contribution in [0.15, 0.2) is 224 Å². The molecule has 7 nitrogen and oxygen atoms in total. The van der Waals surface area contributed by atoms with E-state index in [1.807, 2.05) is 152 Å². The Kier molecular flexibility index (Phi) is 15.5. The van der Waals surface area contributed by atoms with Gasteiger partial charge in [0.1, 0.15) is 0 Å². The van der Waals surface area contributed by atoms with Gasteiger partial charge in [0.2, 0.25) is 0 Å². The van der Waals surface area contributed by atoms with Crippen LogP contribution < -0.4 is 15.9 Å². The van der Waals surface area contributed by atoms with E-state index in [1.54, 1.807) is 71.2 Å². The SMILES string of the molecule is O=C(O)c1ccccc1C(=O)c1ccc2sc3ccccc3c2c1.O=C(O)c1ccccc1C(=O)c1ccc2sc3ccccc3c2c1.[Eu].[OH+]=P(c1ccccc1)(c1ccccc1)c1ccccc1. The Hall–Kier alpha value is -6.49. The smallest absolute Gasteiger partial charge is 0.336 e. The predicted octanol–water partition coefficient (Wildman–Crippen LogP) is 13.2. The van der Waals surface area contributed by atoms with Crippen LogP contribution in [0.5, 0.6) is 0 Å². The Morgan fingerprint density at radius 3 is 0.986 bits per heavy atom. The van der Waals surface area contributed by atoms with Crippen molar-refractivity contribution in [1.29, 1.82) is 0 Å². The zero-order chi connectivity index (χ0) is 47.2. The van der Waals surface area contributed by atoms with Gasteiger partial charge >= 0.3 is 19.1 Å². The van der Waals surface area contributed by atoms with Crippen LogP contribution in [0.1, 0.15) is 52.6 Å². The standard InChI is InChI=1S/2C20H12O3S.C18H15OP.Eu/c2*21-19(14-6-1-2-7-15(14)20(22)23)12-9-10-18-16(11-12)13-5-3-4-8-17(13)24-18;19-20(16-10-4-1-5-11-16,17-12-6-2-7-13-17)18-14-8-3-9-15-18;/h2*1-11H,(H,22,23);1-15H;/p+1. The van der Waals surface area contributed by atoms with Crippen molar-refractivity contribution >= 4 is 110 Å². The summed E-state index contributed by atoms with van der Waals surface area (Å²) in [5.41, 5.74) is 1.47. The summed E-state index contributed by atoms with van der Waals surface area (Å²) in [5.74, 6) is -2.74. The summed E-state index contributed by atoms with van der Waals surface area (Å²) < 4.78 is 16.1. The summed E-state index contributed by atoms with van der Waals surface area (Å²) in [5, 5.41) is 25.8. The van der Waals surface area contributed by atoms with E-state index in [0.29, 0.717) is 11.1 Å². The molecule has 0 aliphatic rings. The minimum atomic E-state index is -2.53. The fraction of sp³-hybridized carbons (Fsp3) is 0. The van der Waals surface area contributed by atoms with Gasteiger partial charge in [-0.2, -0.15) is 0 Å². The van der Waals surface area contributed by atoms with Gasteiger partial charge in [-0.15, -0.1) is 22.7 Å². The van der Waals surface area contributed by atoms with Crippen molar-refractivity contribution in [2.45, 2.75) is 0 Å². The number of thiophene rings is 2. The van der Waals surface area contributed by atoms with Crippen LogP contribution in [-0.2, 0) is 0 Å². The van der Waals surface area contributed by atoms with Gasteiger partial charge in [0.25, 0.3) is 0 Å². The Morgan fingerprint density at radius 2 is 0.638 bits per heavy atom. The van der Waals surface area contributed by atoms with Gasteiger partial charge < -0.3 is 14.8 Å². The number of hydrogen-bond acceptors (Lipinski definition) is 6. The van der Waals surface area contributed by atoms with Crippen molar-refractivity contribution in [1.82, 2.24) is 0 Å². The molecular weight excluding hydrogens is 1060 g/mol. The fourth-order valence-electron chi connectivity index (χ4n) is 8.16. The van der Waals surface area contributed by atoms with Crippen LogP contribution in [0.4, 0.5) is 0 Å². The molecule has 0 bridgehead atoms. The van der Waals surface area contributed by atoms with Gasteiger partial charge in [0.15, 0.2) is 11.6 Å². The van der Waals surface area contributed by atoms with Gasteiger partial charge in [0.05, 0.1) is 27.0 Å². The van der Waals surface area contributed by atoms with E-state index in [9.17, 15) is 34.0 Å². The van der Waals surface area contributed by atoms with Crippen LogP contribution in [0.25, 0.3) is 40.3 Å². The number of carboxylic acid groups (broad SMARTS) is 2. The van der Waals surface area contributed by atoms with E-state index in [0.717, 1.165) is 46.9 Å². The summed E-state index contributed by atoms with van der Waals surface area (Å²) in [6, 6.07) is 69.7. The number of carboxylic acids is 2. The molecule has 3 N–H and O–H groups in total. The van der Waals surface area contributed by atoms with E-state index in [-0.39, 0.29) is 83.2 Å². The van der Waals surface area contributed by atoms with Crippen molar-refractivity contribution in [3.63, 3.8) is 0 Å². The zero-order valence-electron chi connectivity index (χ0n) is 36.5. The molecule has 0 spiro atoms. The minimum absolute atomic E-state index is 0. The molecular formula is C58H40EuO7PS2+. The number of rotatable bonds is 9. The average molecular weight is 1100 g/mol. The molecule has 0 saturated carbocycles. The normalized spacial score (nSPS) is 10.9. The minimum Gasteiger partial charge on any atom is -0.478 e. The molecule has 9 aromatic carbocycles. The summed E-state index contributed by atoms with van der Waals surface area (Å²) in [6.45, 7) is 0. The third kappa shape index (κ3) is 10.3. The molecule has 0 aliphatic carbocycles. The molecule has 0 fully saturated rings. The zero-order valence-corrected chi connectivity index (χ0v) is 41.4. The maximum Gasteiger partial charge on any atom is 0.336 e. The van der Waals surface area contributed by atoms with Gasteiger partial charge in [0, 0.05) is 112 Å². The number of ketones is 2. The molecule has 2 aromatic heterocycles. The van der Waals surface area contributed by atoms with Crippen LogP contribution in [0.3, 0.4) is 0 Å². The first-order valence-corrected chi connectivity index (χ1v) is 24.8. The van der Waals surface area contributed by atoms with Crippen molar-refractivity contribution in [2.24, 2.45) is 0 Å². The second-order valence-corrected chi connectivity index (χ2v) is 20.6. The van der Waals surface area contributed by atoms with Crippen molar-refractivity contribution in [2.75, 3.05) is 0 Å². The van der Waals surface area contributed by atoms with Crippen molar-refractivity contribution < 1.29 is 83.3 Å². The number of fused-ring (bicyclic) bond motifs is 6. The molecule has 0 atom stereocenters. The summed E-state index contributed by atoms with van der Waals surface area (Å²) in [4.78, 5) is 48.3. The molecule has 11 heteroatoms. The quantitative estimate of drug-likeness (QED) is 0.0841. The van der Waals surface area contributed by atoms with Crippen molar-refractivity contribution in [3.05, 3.63) is 258 Å². The maximum atomic E-state index is 12.8. The number of benzene rings is 9. The topological polar surface area (TPSA) is 130 Å². The van der Waals surface area contributed by atoms with Gasteiger partial charge in [-0.25, -0.2) is 9.59 Å². The van der Waals surface area contributed by atoms with E-state index >= 15 is 0 Å². The van der Waals surface area contributed by atoms with Crippen LogP contribution >= 0.6 is 29.8 Å². The Labute approximate surface area is 446 Å². The first kappa shape index (κ1) is 49.0. The second kappa shape index (κ2) is 21.9. The number of aromatic carboxylic acids is 2. The number of carbonyl (C=O) groups is 4. The molecule has 11 rings (SSSR count). The Morgan fingerprint density at radius 1 is 0.348 bits per heavy atom. The molecule has 69 heavy (non-hydrogen) atoms. The third-order valence-corrected chi connectivity index (χ3v) is 16.9. The third-order valence-electron chi connectivity index (χ3n) is 11.5. The molecule has 11 aromatic rings. The first-order chi connectivity index (χ1) is 33.1. The first-order valence-electron chi connectivity index (χ1n) is 21.5. The number of carbonyl (C=O) groups excluding carboxylic acids is 2. The van der Waals surface area contributed by atoms with E-state index in [4.69, 9.17) is 0 Å². The van der Waals surface area contributed by atoms with Crippen molar-refractivity contribution in [3.8, 4) is 0 Å². The van der Waals surface area contributed by atoms with E-state index < -0.39 is 19.1 Å². The molecule has 1 radical (unpaired) electrons. The van der Waals surface area contributed by atoms with Crippen LogP contribution in [0.2, 0.25) is 0 Å². The molecule has 0 amide bonds. The van der Waals surface area contributed by atoms with Crippen LogP contribution in [0, 0.1) is 49.4 Å². The van der Waals surface area contributed by atoms with Gasteiger partial charge in [-0.1, -0.05) is 127 Å². The summed E-state index contributed by atoms with van der Waals surface area (Å²) in [6.07, 6.45) is 0. The van der Waals surface area contributed by atoms with Gasteiger partial charge in [-0.3, -0.25) is 9.59 Å². The van der Waals surface area contributed by atoms with E-state index in [1.165, 1.54) is 21.5 Å². The Balaban J connectivity index is 0.000000139. The molecule has 0 aliphatic heterocycles. The van der Waals surface area contributed by atoms with Crippen LogP contribution in [-0.4, -0.2) is 38.3 Å². The maximum absolute atomic E-state index is 12.8. The monoisotopic (exact) mass is 1100 g/mol.